The first-order chi connectivity index (χ1) is 14.6. The molecule has 0 radical (unpaired) electrons. The lowest BCUT2D eigenvalue weighted by Gasteiger charge is -2.28. The van der Waals surface area contributed by atoms with Gasteiger partial charge in [-0.15, -0.1) is 0 Å². The van der Waals surface area contributed by atoms with E-state index in [0.717, 1.165) is 53.8 Å². The summed E-state index contributed by atoms with van der Waals surface area (Å²) in [4.78, 5) is 2.48. The molecule has 0 aliphatic carbocycles. The van der Waals surface area contributed by atoms with Crippen molar-refractivity contribution in [2.24, 2.45) is 0 Å². The van der Waals surface area contributed by atoms with E-state index in [-0.39, 0.29) is 0 Å². The van der Waals surface area contributed by atoms with E-state index in [1.807, 2.05) is 18.2 Å². The molecule has 3 heterocycles. The zero-order valence-electron chi connectivity index (χ0n) is 16.2. The van der Waals surface area contributed by atoms with Crippen LogP contribution in [0.5, 0.6) is 0 Å². The van der Waals surface area contributed by atoms with E-state index in [0.29, 0.717) is 16.7 Å². The number of benzene rings is 2. The van der Waals surface area contributed by atoms with Gasteiger partial charge in [-0.2, -0.15) is 5.10 Å². The molecule has 0 amide bonds. The van der Waals surface area contributed by atoms with Crippen LogP contribution in [0.2, 0.25) is 0 Å². The zero-order valence-corrected chi connectivity index (χ0v) is 17.0. The number of halogens is 2. The number of anilines is 2. The molecule has 8 heteroatoms. The van der Waals surface area contributed by atoms with Gasteiger partial charge in [-0.25, -0.2) is 8.78 Å². The summed E-state index contributed by atoms with van der Waals surface area (Å²) in [7, 11) is 0. The second-order valence-corrected chi connectivity index (χ2v) is 8.13. The lowest BCUT2D eigenvalue weighted by Crippen LogP contribution is -2.25. The van der Waals surface area contributed by atoms with Crippen molar-refractivity contribution >= 4 is 39.6 Å². The molecule has 1 aromatic heterocycles. The van der Waals surface area contributed by atoms with Crippen molar-refractivity contribution in [3.05, 3.63) is 65.5 Å². The van der Waals surface area contributed by atoms with Gasteiger partial charge in [0, 0.05) is 47.5 Å². The number of thiocarbonyl (C=S) groups is 1. The molecule has 1 atom stereocenters. The van der Waals surface area contributed by atoms with Gasteiger partial charge in [0.1, 0.15) is 0 Å². The standard InChI is InChI=1S/C22H21F2N5S/c23-18-5-3-15(12-19(18)24)26-22(30)25-14-4-6-20-17(11-14)21(28-27-20)13-7-9-29-8-1-2-16(29)10-13/h3-6,10-13H,1-2,7-9H2,(H,27,28)(H2,25,26,30). The topological polar surface area (TPSA) is 56.0 Å². The molecule has 0 spiro atoms. The molecule has 1 fully saturated rings. The van der Waals surface area contributed by atoms with Crippen molar-refractivity contribution < 1.29 is 8.78 Å². The minimum absolute atomic E-state index is 0.298. The van der Waals surface area contributed by atoms with E-state index in [9.17, 15) is 8.78 Å². The van der Waals surface area contributed by atoms with Crippen LogP contribution >= 0.6 is 12.2 Å². The first-order valence-electron chi connectivity index (χ1n) is 10.0. The van der Waals surface area contributed by atoms with Gasteiger partial charge >= 0.3 is 0 Å². The number of nitrogens with one attached hydrogen (secondary N) is 3. The molecular formula is C22H21F2N5S. The van der Waals surface area contributed by atoms with E-state index in [1.54, 1.807) is 0 Å². The maximum Gasteiger partial charge on any atom is 0.175 e. The second-order valence-electron chi connectivity index (χ2n) is 7.72. The molecule has 0 bridgehead atoms. The largest absolute Gasteiger partial charge is 0.375 e. The van der Waals surface area contributed by atoms with Gasteiger partial charge < -0.3 is 15.5 Å². The summed E-state index contributed by atoms with van der Waals surface area (Å²) in [5, 5.41) is 15.0. The van der Waals surface area contributed by atoms with Crippen molar-refractivity contribution in [3.63, 3.8) is 0 Å². The Morgan fingerprint density at radius 2 is 1.87 bits per heavy atom. The molecule has 3 N–H and O–H groups in total. The molecule has 1 saturated heterocycles. The first kappa shape index (κ1) is 19.0. The number of allylic oxidation sites excluding steroid dienone is 2. The maximum absolute atomic E-state index is 13.4. The molecule has 5 rings (SSSR count). The Morgan fingerprint density at radius 3 is 2.70 bits per heavy atom. The van der Waals surface area contributed by atoms with E-state index in [1.165, 1.54) is 24.7 Å². The fraction of sp³-hybridized carbons (Fsp3) is 0.273. The maximum atomic E-state index is 13.4. The lowest BCUT2D eigenvalue weighted by atomic mass is 9.94. The second kappa shape index (κ2) is 7.68. The molecule has 5 nitrogen and oxygen atoms in total. The Hall–Kier alpha value is -3.00. The Kier molecular flexibility index (Phi) is 4.86. The van der Waals surface area contributed by atoms with E-state index in [2.05, 4.69) is 31.8 Å². The van der Waals surface area contributed by atoms with Crippen molar-refractivity contribution in [1.29, 1.82) is 0 Å². The van der Waals surface area contributed by atoms with Crippen LogP contribution in [0.15, 0.2) is 48.2 Å². The number of rotatable bonds is 3. The summed E-state index contributed by atoms with van der Waals surface area (Å²) >= 11 is 5.33. The monoisotopic (exact) mass is 425 g/mol. The molecule has 3 aromatic rings. The smallest absolute Gasteiger partial charge is 0.175 e. The quantitative estimate of drug-likeness (QED) is 0.509. The Morgan fingerprint density at radius 1 is 1.07 bits per heavy atom. The zero-order chi connectivity index (χ0) is 20.7. The van der Waals surface area contributed by atoms with Crippen LogP contribution in [-0.4, -0.2) is 33.3 Å². The van der Waals surface area contributed by atoms with Crippen LogP contribution in [0.3, 0.4) is 0 Å². The highest BCUT2D eigenvalue weighted by Gasteiger charge is 2.26. The molecule has 2 aliphatic heterocycles. The van der Waals surface area contributed by atoms with E-state index < -0.39 is 11.6 Å². The van der Waals surface area contributed by atoms with Gasteiger partial charge in [0.15, 0.2) is 16.7 Å². The van der Waals surface area contributed by atoms with Gasteiger partial charge in [-0.05, 0) is 61.8 Å². The summed E-state index contributed by atoms with van der Waals surface area (Å²) in [5.74, 6) is -1.49. The fourth-order valence-electron chi connectivity index (χ4n) is 4.29. The Labute approximate surface area is 178 Å². The summed E-state index contributed by atoms with van der Waals surface area (Å²) in [6.45, 7) is 2.25. The lowest BCUT2D eigenvalue weighted by molar-refractivity contribution is 0.354. The highest BCUT2D eigenvalue weighted by molar-refractivity contribution is 7.80. The minimum atomic E-state index is -0.922. The first-order valence-corrected chi connectivity index (χ1v) is 10.4. The average Bonchev–Trinajstić information content (AvgIpc) is 3.36. The fourth-order valence-corrected chi connectivity index (χ4v) is 4.53. The predicted octanol–water partition coefficient (Wildman–Crippen LogP) is 5.12. The summed E-state index contributed by atoms with van der Waals surface area (Å²) in [6, 6.07) is 9.43. The molecule has 0 saturated carbocycles. The molecule has 154 valence electrons. The number of aromatic amines is 1. The highest BCUT2D eigenvalue weighted by Crippen LogP contribution is 2.36. The average molecular weight is 426 g/mol. The third-order valence-corrected chi connectivity index (χ3v) is 5.96. The van der Waals surface area contributed by atoms with Gasteiger partial charge in [-0.3, -0.25) is 5.10 Å². The predicted molar refractivity (Wildman–Crippen MR) is 119 cm³/mol. The van der Waals surface area contributed by atoms with Gasteiger partial charge in [0.2, 0.25) is 0 Å². The van der Waals surface area contributed by atoms with Crippen LogP contribution in [0.25, 0.3) is 10.9 Å². The number of hydrogen-bond acceptors (Lipinski definition) is 3. The van der Waals surface area contributed by atoms with Gasteiger partial charge in [0.25, 0.3) is 0 Å². The summed E-state index contributed by atoms with van der Waals surface area (Å²) in [5.41, 5.74) is 4.65. The van der Waals surface area contributed by atoms with E-state index >= 15 is 0 Å². The number of fused-ring (bicyclic) bond motifs is 2. The number of aromatic nitrogens is 2. The van der Waals surface area contributed by atoms with Crippen LogP contribution in [-0.2, 0) is 0 Å². The Bertz CT molecular complexity index is 1160. The normalized spacial score (nSPS) is 18.3. The Balaban J connectivity index is 1.35. The van der Waals surface area contributed by atoms with E-state index in [4.69, 9.17) is 12.2 Å². The minimum Gasteiger partial charge on any atom is -0.375 e. The molecule has 2 aromatic carbocycles. The van der Waals surface area contributed by atoms with Crippen molar-refractivity contribution in [2.75, 3.05) is 23.7 Å². The summed E-state index contributed by atoms with van der Waals surface area (Å²) in [6.07, 6.45) is 5.82. The van der Waals surface area contributed by atoms with Gasteiger partial charge in [0.05, 0.1) is 11.2 Å². The van der Waals surface area contributed by atoms with Crippen LogP contribution in [0, 0.1) is 11.6 Å². The number of nitrogens with zero attached hydrogens (tertiary/aromatic N) is 2. The number of hydrogen-bond donors (Lipinski definition) is 3. The van der Waals surface area contributed by atoms with Crippen LogP contribution < -0.4 is 10.6 Å². The third-order valence-electron chi connectivity index (χ3n) is 5.76. The van der Waals surface area contributed by atoms with Crippen molar-refractivity contribution in [3.8, 4) is 0 Å². The van der Waals surface area contributed by atoms with Crippen molar-refractivity contribution in [2.45, 2.75) is 25.2 Å². The molecule has 2 aliphatic rings. The third kappa shape index (κ3) is 3.63. The SMILES string of the molecule is Fc1ccc(NC(=S)Nc2ccc3n[nH]c(C4C=C5CCCN5CC4)c3c2)cc1F. The van der Waals surface area contributed by atoms with Crippen LogP contribution in [0.4, 0.5) is 20.2 Å². The molecule has 30 heavy (non-hydrogen) atoms. The van der Waals surface area contributed by atoms with Crippen molar-refractivity contribution in [1.82, 2.24) is 15.1 Å². The molecule has 1 unspecified atom stereocenters. The molecular weight excluding hydrogens is 404 g/mol. The highest BCUT2D eigenvalue weighted by atomic mass is 32.1. The van der Waals surface area contributed by atoms with Crippen LogP contribution in [0.1, 0.15) is 30.9 Å². The van der Waals surface area contributed by atoms with Gasteiger partial charge in [-0.1, -0.05) is 6.08 Å². The summed E-state index contributed by atoms with van der Waals surface area (Å²) < 4.78 is 26.5. The number of H-pyrrole nitrogens is 1.